The van der Waals surface area contributed by atoms with Crippen LogP contribution in [-0.2, 0) is 4.74 Å². The minimum absolute atomic E-state index is 0.140. The van der Waals surface area contributed by atoms with E-state index in [9.17, 15) is 13.6 Å². The molecular weight excluding hydrogens is 204 g/mol. The third-order valence-electron chi connectivity index (χ3n) is 2.24. The monoisotopic (exact) mass is 221 g/mol. The summed E-state index contributed by atoms with van der Waals surface area (Å²) in [5.41, 5.74) is 0. The fourth-order valence-corrected chi connectivity index (χ4v) is 1.56. The van der Waals surface area contributed by atoms with E-state index >= 15 is 0 Å². The SMILES string of the molecule is CC(C)OC(=O)N1CCCCC(F)(F)C1. The summed E-state index contributed by atoms with van der Waals surface area (Å²) in [6.07, 6.45) is 0.0284. The first-order chi connectivity index (χ1) is 6.91. The van der Waals surface area contributed by atoms with Crippen LogP contribution in [0.25, 0.3) is 0 Å². The van der Waals surface area contributed by atoms with E-state index in [1.807, 2.05) is 0 Å². The second-order valence-electron chi connectivity index (χ2n) is 4.17. The van der Waals surface area contributed by atoms with Gasteiger partial charge < -0.3 is 9.64 Å². The Kier molecular flexibility index (Phi) is 3.88. The van der Waals surface area contributed by atoms with Crippen LogP contribution in [0.4, 0.5) is 13.6 Å². The molecular formula is C10H17F2NO2. The molecule has 5 heteroatoms. The Morgan fingerprint density at radius 2 is 2.07 bits per heavy atom. The van der Waals surface area contributed by atoms with Gasteiger partial charge in [-0.25, -0.2) is 13.6 Å². The number of nitrogens with zero attached hydrogens (tertiary/aromatic N) is 1. The quantitative estimate of drug-likeness (QED) is 0.681. The van der Waals surface area contributed by atoms with Gasteiger partial charge in [0.05, 0.1) is 12.6 Å². The smallest absolute Gasteiger partial charge is 0.410 e. The van der Waals surface area contributed by atoms with Gasteiger partial charge in [-0.2, -0.15) is 0 Å². The molecule has 0 aromatic carbocycles. The Hall–Kier alpha value is -0.870. The minimum atomic E-state index is -2.77. The highest BCUT2D eigenvalue weighted by Crippen LogP contribution is 2.26. The van der Waals surface area contributed by atoms with E-state index in [1.54, 1.807) is 13.8 Å². The van der Waals surface area contributed by atoms with E-state index in [0.717, 1.165) is 4.90 Å². The van der Waals surface area contributed by atoms with E-state index in [0.29, 0.717) is 19.4 Å². The van der Waals surface area contributed by atoms with Crippen molar-refractivity contribution in [1.29, 1.82) is 0 Å². The molecule has 0 unspecified atom stereocenters. The standard InChI is InChI=1S/C10H17F2NO2/c1-8(2)15-9(14)13-6-4-3-5-10(11,12)7-13/h8H,3-7H2,1-2H3. The molecule has 1 aliphatic rings. The van der Waals surface area contributed by atoms with Gasteiger partial charge in [0.15, 0.2) is 0 Å². The average Bonchev–Trinajstić information content (AvgIpc) is 2.25. The maximum Gasteiger partial charge on any atom is 0.410 e. The fraction of sp³-hybridized carbons (Fsp3) is 0.900. The van der Waals surface area contributed by atoms with Crippen molar-refractivity contribution in [3.05, 3.63) is 0 Å². The average molecular weight is 221 g/mol. The van der Waals surface area contributed by atoms with Gasteiger partial charge in [-0.15, -0.1) is 0 Å². The topological polar surface area (TPSA) is 29.5 Å². The number of halogens is 2. The van der Waals surface area contributed by atoms with Gasteiger partial charge in [0, 0.05) is 13.0 Å². The normalized spacial score (nSPS) is 21.3. The molecule has 3 nitrogen and oxygen atoms in total. The number of carbonyl (C=O) groups excluding carboxylic acids is 1. The lowest BCUT2D eigenvalue weighted by atomic mass is 10.2. The van der Waals surface area contributed by atoms with Crippen molar-refractivity contribution in [2.24, 2.45) is 0 Å². The lowest BCUT2D eigenvalue weighted by Crippen LogP contribution is -2.40. The number of alkyl halides is 2. The maximum atomic E-state index is 13.2. The number of rotatable bonds is 1. The molecule has 0 aromatic rings. The summed E-state index contributed by atoms with van der Waals surface area (Å²) >= 11 is 0. The molecule has 1 rings (SSSR count). The Labute approximate surface area is 88.4 Å². The fourth-order valence-electron chi connectivity index (χ4n) is 1.56. The number of carbonyl (C=O) groups is 1. The van der Waals surface area contributed by atoms with E-state index in [1.165, 1.54) is 0 Å². The summed E-state index contributed by atoms with van der Waals surface area (Å²) in [6, 6.07) is 0. The predicted molar refractivity (Wildman–Crippen MR) is 52.0 cm³/mol. The highest BCUT2D eigenvalue weighted by molar-refractivity contribution is 5.67. The molecule has 0 bridgehead atoms. The minimum Gasteiger partial charge on any atom is -0.447 e. The predicted octanol–water partition coefficient (Wildman–Crippen LogP) is 2.65. The zero-order valence-corrected chi connectivity index (χ0v) is 9.13. The van der Waals surface area contributed by atoms with Crippen LogP contribution < -0.4 is 0 Å². The molecule has 1 aliphatic heterocycles. The first-order valence-electron chi connectivity index (χ1n) is 5.24. The molecule has 15 heavy (non-hydrogen) atoms. The molecule has 0 aliphatic carbocycles. The van der Waals surface area contributed by atoms with Crippen LogP contribution in [0.2, 0.25) is 0 Å². The number of likely N-dealkylation sites (tertiary alicyclic amines) is 1. The molecule has 0 saturated carbocycles. The van der Waals surface area contributed by atoms with Crippen molar-refractivity contribution >= 4 is 6.09 Å². The van der Waals surface area contributed by atoms with Crippen LogP contribution in [0, 0.1) is 0 Å². The Bertz CT molecular complexity index is 231. The summed E-state index contributed by atoms with van der Waals surface area (Å²) in [7, 11) is 0. The van der Waals surface area contributed by atoms with E-state index in [4.69, 9.17) is 4.74 Å². The lowest BCUT2D eigenvalue weighted by molar-refractivity contribution is -0.0313. The number of hydrogen-bond donors (Lipinski definition) is 0. The van der Waals surface area contributed by atoms with Crippen LogP contribution >= 0.6 is 0 Å². The van der Waals surface area contributed by atoms with Gasteiger partial charge in [0.1, 0.15) is 0 Å². The van der Waals surface area contributed by atoms with Crippen molar-refractivity contribution < 1.29 is 18.3 Å². The zero-order valence-electron chi connectivity index (χ0n) is 9.13. The second kappa shape index (κ2) is 4.77. The van der Waals surface area contributed by atoms with Crippen LogP contribution in [0.5, 0.6) is 0 Å². The van der Waals surface area contributed by atoms with Crippen molar-refractivity contribution in [1.82, 2.24) is 4.90 Å². The van der Waals surface area contributed by atoms with Gasteiger partial charge >= 0.3 is 6.09 Å². The highest BCUT2D eigenvalue weighted by atomic mass is 19.3. The molecule has 1 heterocycles. The Morgan fingerprint density at radius 3 is 2.67 bits per heavy atom. The highest BCUT2D eigenvalue weighted by Gasteiger charge is 2.35. The van der Waals surface area contributed by atoms with Crippen LogP contribution in [0.15, 0.2) is 0 Å². The summed E-state index contributed by atoms with van der Waals surface area (Å²) in [6.45, 7) is 3.25. The Morgan fingerprint density at radius 1 is 1.40 bits per heavy atom. The van der Waals surface area contributed by atoms with Crippen molar-refractivity contribution in [3.8, 4) is 0 Å². The lowest BCUT2D eigenvalue weighted by Gasteiger charge is -2.24. The second-order valence-corrected chi connectivity index (χ2v) is 4.17. The number of amides is 1. The van der Waals surface area contributed by atoms with E-state index in [2.05, 4.69) is 0 Å². The van der Waals surface area contributed by atoms with Gasteiger partial charge in [-0.05, 0) is 26.7 Å². The van der Waals surface area contributed by atoms with Gasteiger partial charge in [0.25, 0.3) is 5.92 Å². The van der Waals surface area contributed by atoms with Gasteiger partial charge in [-0.3, -0.25) is 0 Å². The van der Waals surface area contributed by atoms with Gasteiger partial charge in [0.2, 0.25) is 0 Å². The molecule has 0 radical (unpaired) electrons. The number of hydrogen-bond acceptors (Lipinski definition) is 2. The third kappa shape index (κ3) is 4.01. The van der Waals surface area contributed by atoms with Crippen LogP contribution in [0.3, 0.4) is 0 Å². The first-order valence-corrected chi connectivity index (χ1v) is 5.24. The molecule has 0 spiro atoms. The van der Waals surface area contributed by atoms with Crippen molar-refractivity contribution in [3.63, 3.8) is 0 Å². The summed E-state index contributed by atoms with van der Waals surface area (Å²) in [4.78, 5) is 12.5. The molecule has 0 atom stereocenters. The first kappa shape index (κ1) is 12.2. The largest absolute Gasteiger partial charge is 0.447 e. The molecule has 88 valence electrons. The van der Waals surface area contributed by atoms with Crippen LogP contribution in [-0.4, -0.2) is 36.1 Å². The van der Waals surface area contributed by atoms with Crippen LogP contribution in [0.1, 0.15) is 33.1 Å². The van der Waals surface area contributed by atoms with E-state index in [-0.39, 0.29) is 12.5 Å². The summed E-state index contributed by atoms with van der Waals surface area (Å²) < 4.78 is 31.2. The van der Waals surface area contributed by atoms with Crippen molar-refractivity contribution in [2.75, 3.05) is 13.1 Å². The maximum absolute atomic E-state index is 13.2. The zero-order chi connectivity index (χ0) is 11.5. The van der Waals surface area contributed by atoms with Crippen molar-refractivity contribution in [2.45, 2.75) is 45.1 Å². The summed E-state index contributed by atoms with van der Waals surface area (Å²) in [5, 5.41) is 0. The third-order valence-corrected chi connectivity index (χ3v) is 2.24. The molecule has 1 saturated heterocycles. The molecule has 1 fully saturated rings. The molecule has 1 amide bonds. The molecule has 0 N–H and O–H groups in total. The Balaban J connectivity index is 2.56. The number of ether oxygens (including phenoxy) is 1. The van der Waals surface area contributed by atoms with Gasteiger partial charge in [-0.1, -0.05) is 0 Å². The molecule has 0 aromatic heterocycles. The van der Waals surface area contributed by atoms with E-state index < -0.39 is 18.6 Å². The summed E-state index contributed by atoms with van der Waals surface area (Å²) in [5.74, 6) is -2.77.